The topological polar surface area (TPSA) is 40.5 Å². The molecule has 0 spiro atoms. The zero-order valence-corrected chi connectivity index (χ0v) is 11.9. The van der Waals surface area contributed by atoms with Crippen LogP contribution in [0, 0.1) is 5.82 Å². The normalized spacial score (nSPS) is 13.9. The first kappa shape index (κ1) is 13.9. The first-order valence-electron chi connectivity index (χ1n) is 6.60. The van der Waals surface area contributed by atoms with Crippen molar-refractivity contribution in [1.82, 2.24) is 4.90 Å². The van der Waals surface area contributed by atoms with Gasteiger partial charge in [-0.25, -0.2) is 4.39 Å². The molecule has 0 aromatic heterocycles. The third-order valence-electron chi connectivity index (χ3n) is 3.67. The molecule has 21 heavy (non-hydrogen) atoms. The zero-order valence-electron chi connectivity index (χ0n) is 11.1. The molecule has 0 aliphatic carbocycles. The molecule has 3 rings (SSSR count). The fourth-order valence-electron chi connectivity index (χ4n) is 2.56. The van der Waals surface area contributed by atoms with Gasteiger partial charge in [0, 0.05) is 13.1 Å². The Morgan fingerprint density at radius 3 is 2.86 bits per heavy atom. The van der Waals surface area contributed by atoms with Crippen molar-refractivity contribution in [3.63, 3.8) is 0 Å². The highest BCUT2D eigenvalue weighted by molar-refractivity contribution is 6.31. The van der Waals surface area contributed by atoms with Crippen LogP contribution >= 0.6 is 11.6 Å². The monoisotopic (exact) mass is 305 g/mol. The molecule has 1 amide bonds. The minimum Gasteiger partial charge on any atom is -0.508 e. The molecule has 0 fully saturated rings. The highest BCUT2D eigenvalue weighted by Gasteiger charge is 2.24. The molecule has 0 saturated heterocycles. The predicted molar refractivity (Wildman–Crippen MR) is 78.0 cm³/mol. The van der Waals surface area contributed by atoms with Crippen molar-refractivity contribution in [3.05, 3.63) is 63.9 Å². The summed E-state index contributed by atoms with van der Waals surface area (Å²) in [5.41, 5.74) is 1.96. The number of benzene rings is 2. The van der Waals surface area contributed by atoms with Gasteiger partial charge in [-0.2, -0.15) is 0 Å². The zero-order chi connectivity index (χ0) is 15.0. The molecule has 1 N–H and O–H groups in total. The highest BCUT2D eigenvalue weighted by atomic mass is 35.5. The Bertz CT molecular complexity index is 717. The summed E-state index contributed by atoms with van der Waals surface area (Å²) >= 11 is 5.72. The van der Waals surface area contributed by atoms with Crippen molar-refractivity contribution < 1.29 is 14.3 Å². The van der Waals surface area contributed by atoms with E-state index < -0.39 is 5.82 Å². The fraction of sp³-hybridized carbons (Fsp3) is 0.188. The smallest absolute Gasteiger partial charge is 0.257 e. The molecule has 3 nitrogen and oxygen atoms in total. The minimum absolute atomic E-state index is 0.0221. The van der Waals surface area contributed by atoms with Gasteiger partial charge in [0.1, 0.15) is 5.75 Å². The first-order chi connectivity index (χ1) is 10.1. The molecule has 0 radical (unpaired) electrons. The number of phenolic OH excluding ortho intramolecular Hbond substituents is 1. The van der Waals surface area contributed by atoms with Crippen molar-refractivity contribution in [2.45, 2.75) is 13.0 Å². The Morgan fingerprint density at radius 2 is 2.05 bits per heavy atom. The SMILES string of the molecule is O=C(c1cccc(Cl)c1F)N1CCc2ccc(O)cc2C1. The average molecular weight is 306 g/mol. The van der Waals surface area contributed by atoms with Gasteiger partial charge in [-0.3, -0.25) is 4.79 Å². The summed E-state index contributed by atoms with van der Waals surface area (Å²) in [4.78, 5) is 14.0. The van der Waals surface area contributed by atoms with Crippen molar-refractivity contribution in [2.24, 2.45) is 0 Å². The van der Waals surface area contributed by atoms with Crippen LogP contribution in [0.2, 0.25) is 5.02 Å². The largest absolute Gasteiger partial charge is 0.508 e. The molecule has 0 unspecified atom stereocenters. The van der Waals surface area contributed by atoms with E-state index >= 15 is 0 Å². The quantitative estimate of drug-likeness (QED) is 0.877. The minimum atomic E-state index is -0.689. The number of rotatable bonds is 1. The van der Waals surface area contributed by atoms with E-state index in [0.29, 0.717) is 19.5 Å². The summed E-state index contributed by atoms with van der Waals surface area (Å²) in [5.74, 6) is -0.910. The van der Waals surface area contributed by atoms with Crippen LogP contribution in [0.5, 0.6) is 5.75 Å². The van der Waals surface area contributed by atoms with Gasteiger partial charge in [0.05, 0.1) is 10.6 Å². The molecule has 1 aliphatic rings. The fourth-order valence-corrected chi connectivity index (χ4v) is 2.73. The maximum Gasteiger partial charge on any atom is 0.257 e. The lowest BCUT2D eigenvalue weighted by molar-refractivity contribution is 0.0729. The van der Waals surface area contributed by atoms with Crippen LogP contribution in [0.25, 0.3) is 0 Å². The maximum atomic E-state index is 13.9. The van der Waals surface area contributed by atoms with Crippen molar-refractivity contribution in [3.8, 4) is 5.75 Å². The van der Waals surface area contributed by atoms with Crippen LogP contribution < -0.4 is 0 Å². The van der Waals surface area contributed by atoms with Gasteiger partial charge in [-0.05, 0) is 41.8 Å². The lowest BCUT2D eigenvalue weighted by Gasteiger charge is -2.29. The van der Waals surface area contributed by atoms with Gasteiger partial charge in [0.25, 0.3) is 5.91 Å². The number of hydrogen-bond donors (Lipinski definition) is 1. The molecule has 2 aromatic rings. The lowest BCUT2D eigenvalue weighted by Crippen LogP contribution is -2.36. The molecule has 0 saturated carbocycles. The van der Waals surface area contributed by atoms with Crippen LogP contribution in [-0.2, 0) is 13.0 Å². The third kappa shape index (κ3) is 2.59. The number of carbonyl (C=O) groups is 1. The van der Waals surface area contributed by atoms with E-state index in [4.69, 9.17) is 11.6 Å². The Morgan fingerprint density at radius 1 is 1.24 bits per heavy atom. The van der Waals surface area contributed by atoms with Crippen LogP contribution in [-0.4, -0.2) is 22.5 Å². The van der Waals surface area contributed by atoms with Crippen LogP contribution in [0.3, 0.4) is 0 Å². The van der Waals surface area contributed by atoms with Crippen LogP contribution in [0.1, 0.15) is 21.5 Å². The van der Waals surface area contributed by atoms with Crippen LogP contribution in [0.4, 0.5) is 4.39 Å². The van der Waals surface area contributed by atoms with Gasteiger partial charge in [-0.1, -0.05) is 23.7 Å². The number of nitrogens with zero attached hydrogens (tertiary/aromatic N) is 1. The molecule has 1 aliphatic heterocycles. The maximum absolute atomic E-state index is 13.9. The number of phenols is 1. The molecular formula is C16H13ClFNO2. The second-order valence-electron chi connectivity index (χ2n) is 5.03. The van der Waals surface area contributed by atoms with E-state index in [1.165, 1.54) is 12.1 Å². The first-order valence-corrected chi connectivity index (χ1v) is 6.98. The summed E-state index contributed by atoms with van der Waals surface area (Å²) < 4.78 is 13.9. The van der Waals surface area contributed by atoms with Crippen molar-refractivity contribution >= 4 is 17.5 Å². The third-order valence-corrected chi connectivity index (χ3v) is 3.96. The Labute approximate surface area is 126 Å². The Hall–Kier alpha value is -2.07. The molecule has 1 heterocycles. The van der Waals surface area contributed by atoms with E-state index in [-0.39, 0.29) is 22.2 Å². The molecule has 0 atom stereocenters. The van der Waals surface area contributed by atoms with E-state index in [1.54, 1.807) is 23.1 Å². The van der Waals surface area contributed by atoms with Crippen LogP contribution in [0.15, 0.2) is 36.4 Å². The Balaban J connectivity index is 1.89. The number of amides is 1. The summed E-state index contributed by atoms with van der Waals surface area (Å²) in [6, 6.07) is 9.53. The number of halogens is 2. The molecular weight excluding hydrogens is 293 g/mol. The number of fused-ring (bicyclic) bond motifs is 1. The second-order valence-corrected chi connectivity index (χ2v) is 5.44. The van der Waals surface area contributed by atoms with Gasteiger partial charge >= 0.3 is 0 Å². The van der Waals surface area contributed by atoms with Crippen molar-refractivity contribution in [2.75, 3.05) is 6.54 Å². The summed E-state index contributed by atoms with van der Waals surface area (Å²) in [7, 11) is 0. The number of carbonyl (C=O) groups excluding carboxylic acids is 1. The summed E-state index contributed by atoms with van der Waals surface area (Å²) in [5, 5.41) is 9.47. The highest BCUT2D eigenvalue weighted by Crippen LogP contribution is 2.25. The van der Waals surface area contributed by atoms with Gasteiger partial charge in [0.15, 0.2) is 5.82 Å². The van der Waals surface area contributed by atoms with Gasteiger partial charge < -0.3 is 10.0 Å². The van der Waals surface area contributed by atoms with E-state index in [0.717, 1.165) is 11.1 Å². The molecule has 2 aromatic carbocycles. The van der Waals surface area contributed by atoms with Gasteiger partial charge in [-0.15, -0.1) is 0 Å². The molecule has 0 bridgehead atoms. The lowest BCUT2D eigenvalue weighted by atomic mass is 9.99. The summed E-state index contributed by atoms with van der Waals surface area (Å²) in [6.07, 6.45) is 0.684. The molecule has 5 heteroatoms. The molecule has 108 valence electrons. The van der Waals surface area contributed by atoms with E-state index in [2.05, 4.69) is 0 Å². The predicted octanol–water partition coefficient (Wildman–Crippen LogP) is 3.38. The average Bonchev–Trinajstić information content (AvgIpc) is 2.48. The van der Waals surface area contributed by atoms with Gasteiger partial charge in [0.2, 0.25) is 0 Å². The Kier molecular flexibility index (Phi) is 3.55. The number of aromatic hydroxyl groups is 1. The standard InChI is InChI=1S/C16H13ClFNO2/c17-14-3-1-2-13(15(14)18)16(21)19-7-6-10-4-5-12(20)8-11(10)9-19/h1-5,8,20H,6-7,9H2. The van der Waals surface area contributed by atoms with Crippen molar-refractivity contribution in [1.29, 1.82) is 0 Å². The van der Waals surface area contributed by atoms with E-state index in [1.807, 2.05) is 6.07 Å². The van der Waals surface area contributed by atoms with E-state index in [9.17, 15) is 14.3 Å². The second kappa shape index (κ2) is 5.37. The summed E-state index contributed by atoms with van der Waals surface area (Å²) in [6.45, 7) is 0.872. The number of hydrogen-bond acceptors (Lipinski definition) is 2.